The molecule has 108 valence electrons. The number of aliphatic hydroxyl groups is 1. The summed E-state index contributed by atoms with van der Waals surface area (Å²) in [5.41, 5.74) is 2.32. The fourth-order valence-electron chi connectivity index (χ4n) is 2.11. The Kier molecular flexibility index (Phi) is 4.67. The van der Waals surface area contributed by atoms with Crippen LogP contribution in [-0.4, -0.2) is 45.4 Å². The molecule has 0 spiro atoms. The first kappa shape index (κ1) is 14.9. The number of nitrogens with one attached hydrogen (secondary N) is 2. The molecule has 20 heavy (non-hydrogen) atoms. The topological polar surface area (TPSA) is 78.0 Å². The summed E-state index contributed by atoms with van der Waals surface area (Å²) in [6, 6.07) is 5.70. The molecule has 2 atom stereocenters. The molecular formula is C14H19N3O2S. The third-order valence-electron chi connectivity index (χ3n) is 3.33. The number of aromatic nitrogens is 2. The highest BCUT2D eigenvalue weighted by molar-refractivity contribution is 7.99. The number of carbonyl (C=O) groups is 1. The minimum absolute atomic E-state index is 0.0223. The predicted molar refractivity (Wildman–Crippen MR) is 82.1 cm³/mol. The summed E-state index contributed by atoms with van der Waals surface area (Å²) >= 11 is 1.53. The number of aromatic amines is 1. The van der Waals surface area contributed by atoms with Crippen LogP contribution >= 0.6 is 11.8 Å². The van der Waals surface area contributed by atoms with E-state index in [1.165, 1.54) is 11.8 Å². The van der Waals surface area contributed by atoms with E-state index in [4.69, 9.17) is 0 Å². The molecular weight excluding hydrogens is 274 g/mol. The first-order chi connectivity index (χ1) is 9.56. The van der Waals surface area contributed by atoms with E-state index in [1.807, 2.05) is 38.3 Å². The lowest BCUT2D eigenvalue weighted by Gasteiger charge is -2.20. The standard InChI is InChI=1S/C14H19N3O2S/c1-8-4-5-11-10(6-8)13(17-16-11)14(19)15-9(2)12(7-18)20-3/h4-6,9,12,18H,7H2,1-3H3,(H,15,19)(H,16,17). The molecule has 0 aliphatic carbocycles. The van der Waals surface area contributed by atoms with Gasteiger partial charge in [-0.2, -0.15) is 16.9 Å². The zero-order valence-electron chi connectivity index (χ0n) is 11.8. The molecule has 1 heterocycles. The van der Waals surface area contributed by atoms with Gasteiger partial charge < -0.3 is 10.4 Å². The summed E-state index contributed by atoms with van der Waals surface area (Å²) in [5.74, 6) is -0.221. The first-order valence-corrected chi connectivity index (χ1v) is 7.75. The summed E-state index contributed by atoms with van der Waals surface area (Å²) in [6.45, 7) is 3.89. The molecule has 0 fully saturated rings. The smallest absolute Gasteiger partial charge is 0.272 e. The number of thioether (sulfide) groups is 1. The van der Waals surface area contributed by atoms with Gasteiger partial charge >= 0.3 is 0 Å². The molecule has 1 aromatic heterocycles. The van der Waals surface area contributed by atoms with Crippen molar-refractivity contribution < 1.29 is 9.90 Å². The second-order valence-corrected chi connectivity index (χ2v) is 5.92. The number of amides is 1. The normalized spacial score (nSPS) is 14.2. The average Bonchev–Trinajstić information content (AvgIpc) is 2.82. The second kappa shape index (κ2) is 6.28. The number of nitrogens with zero attached hydrogens (tertiary/aromatic N) is 1. The van der Waals surface area contributed by atoms with Crippen LogP contribution in [0.15, 0.2) is 18.2 Å². The second-order valence-electron chi connectivity index (χ2n) is 4.84. The monoisotopic (exact) mass is 293 g/mol. The molecule has 2 aromatic rings. The van der Waals surface area contributed by atoms with Gasteiger partial charge in [0.1, 0.15) is 0 Å². The van der Waals surface area contributed by atoms with Crippen molar-refractivity contribution >= 4 is 28.6 Å². The molecule has 2 rings (SSSR count). The Morgan fingerprint density at radius 2 is 2.30 bits per heavy atom. The summed E-state index contributed by atoms with van der Waals surface area (Å²) < 4.78 is 0. The Balaban J connectivity index is 2.21. The largest absolute Gasteiger partial charge is 0.395 e. The number of benzene rings is 1. The SMILES string of the molecule is CSC(CO)C(C)NC(=O)c1n[nH]c2ccc(C)cc12. The van der Waals surface area contributed by atoms with E-state index in [9.17, 15) is 9.90 Å². The van der Waals surface area contributed by atoms with Gasteiger partial charge in [-0.25, -0.2) is 0 Å². The number of aryl methyl sites for hydroxylation is 1. The van der Waals surface area contributed by atoms with Gasteiger partial charge in [-0.15, -0.1) is 0 Å². The van der Waals surface area contributed by atoms with Gasteiger partial charge in [-0.3, -0.25) is 9.89 Å². The Morgan fingerprint density at radius 3 is 2.95 bits per heavy atom. The van der Waals surface area contributed by atoms with Gasteiger partial charge in [0.05, 0.1) is 12.1 Å². The van der Waals surface area contributed by atoms with Crippen molar-refractivity contribution in [2.75, 3.05) is 12.9 Å². The van der Waals surface area contributed by atoms with Gasteiger partial charge in [-0.05, 0) is 32.2 Å². The van der Waals surface area contributed by atoms with Crippen molar-refractivity contribution in [1.82, 2.24) is 15.5 Å². The summed E-state index contributed by atoms with van der Waals surface area (Å²) in [6.07, 6.45) is 1.91. The molecule has 0 saturated heterocycles. The van der Waals surface area contributed by atoms with Crippen LogP contribution in [0, 0.1) is 6.92 Å². The Labute approximate surface area is 122 Å². The van der Waals surface area contributed by atoms with Crippen LogP contribution in [0.3, 0.4) is 0 Å². The summed E-state index contributed by atoms with van der Waals surface area (Å²) in [7, 11) is 0. The Bertz CT molecular complexity index is 607. The summed E-state index contributed by atoms with van der Waals surface area (Å²) in [5, 5.41) is 19.9. The fraction of sp³-hybridized carbons (Fsp3) is 0.429. The van der Waals surface area contributed by atoms with E-state index < -0.39 is 0 Å². The number of carbonyl (C=O) groups excluding carboxylic acids is 1. The quantitative estimate of drug-likeness (QED) is 0.784. The average molecular weight is 293 g/mol. The van der Waals surface area contributed by atoms with E-state index in [-0.39, 0.29) is 23.8 Å². The molecule has 1 aromatic carbocycles. The molecule has 1 amide bonds. The number of fused-ring (bicyclic) bond motifs is 1. The van der Waals surface area contributed by atoms with Crippen molar-refractivity contribution in [3.8, 4) is 0 Å². The lowest BCUT2D eigenvalue weighted by atomic mass is 10.1. The minimum atomic E-state index is -0.221. The highest BCUT2D eigenvalue weighted by Gasteiger charge is 2.21. The molecule has 3 N–H and O–H groups in total. The third kappa shape index (κ3) is 2.96. The highest BCUT2D eigenvalue weighted by Crippen LogP contribution is 2.18. The van der Waals surface area contributed by atoms with Crippen LogP contribution < -0.4 is 5.32 Å². The number of H-pyrrole nitrogens is 1. The maximum atomic E-state index is 12.3. The van der Waals surface area contributed by atoms with E-state index in [1.54, 1.807) is 0 Å². The zero-order chi connectivity index (χ0) is 14.7. The Morgan fingerprint density at radius 1 is 1.55 bits per heavy atom. The first-order valence-electron chi connectivity index (χ1n) is 6.46. The number of hydrogen-bond acceptors (Lipinski definition) is 4. The van der Waals surface area contributed by atoms with Gasteiger partial charge in [0.2, 0.25) is 0 Å². The third-order valence-corrected chi connectivity index (χ3v) is 4.50. The van der Waals surface area contributed by atoms with E-state index in [0.29, 0.717) is 5.69 Å². The minimum Gasteiger partial charge on any atom is -0.395 e. The number of hydrogen-bond donors (Lipinski definition) is 3. The van der Waals surface area contributed by atoms with E-state index >= 15 is 0 Å². The van der Waals surface area contributed by atoms with Crippen molar-refractivity contribution in [3.05, 3.63) is 29.5 Å². The molecule has 5 nitrogen and oxygen atoms in total. The molecule has 0 bridgehead atoms. The summed E-state index contributed by atoms with van der Waals surface area (Å²) in [4.78, 5) is 12.3. The van der Waals surface area contributed by atoms with Crippen LogP contribution in [-0.2, 0) is 0 Å². The van der Waals surface area contributed by atoms with E-state index in [2.05, 4.69) is 15.5 Å². The zero-order valence-corrected chi connectivity index (χ0v) is 12.6. The molecule has 2 unspecified atom stereocenters. The Hall–Kier alpha value is -1.53. The fourth-order valence-corrected chi connectivity index (χ4v) is 2.73. The van der Waals surface area contributed by atoms with Crippen molar-refractivity contribution in [2.45, 2.75) is 25.1 Å². The maximum Gasteiger partial charge on any atom is 0.272 e. The van der Waals surface area contributed by atoms with Crippen molar-refractivity contribution in [1.29, 1.82) is 0 Å². The van der Waals surface area contributed by atoms with E-state index in [0.717, 1.165) is 16.5 Å². The van der Waals surface area contributed by atoms with Crippen molar-refractivity contribution in [2.24, 2.45) is 0 Å². The number of rotatable bonds is 5. The van der Waals surface area contributed by atoms with Gasteiger partial charge in [-0.1, -0.05) is 11.6 Å². The molecule has 0 aliphatic heterocycles. The molecule has 6 heteroatoms. The van der Waals surface area contributed by atoms with Gasteiger partial charge in [0, 0.05) is 16.7 Å². The number of aliphatic hydroxyl groups excluding tert-OH is 1. The lowest BCUT2D eigenvalue weighted by Crippen LogP contribution is -2.41. The van der Waals surface area contributed by atoms with Crippen LogP contribution in [0.25, 0.3) is 10.9 Å². The van der Waals surface area contributed by atoms with Gasteiger partial charge in [0.25, 0.3) is 5.91 Å². The molecule has 0 radical (unpaired) electrons. The maximum absolute atomic E-state index is 12.3. The van der Waals surface area contributed by atoms with Crippen LogP contribution in [0.1, 0.15) is 23.0 Å². The molecule has 0 saturated carbocycles. The van der Waals surface area contributed by atoms with Gasteiger partial charge in [0.15, 0.2) is 5.69 Å². The molecule has 0 aliphatic rings. The highest BCUT2D eigenvalue weighted by atomic mass is 32.2. The predicted octanol–water partition coefficient (Wildman–Crippen LogP) is 1.71. The van der Waals surface area contributed by atoms with Crippen LogP contribution in [0.2, 0.25) is 0 Å². The van der Waals surface area contributed by atoms with Crippen LogP contribution in [0.4, 0.5) is 0 Å². The lowest BCUT2D eigenvalue weighted by molar-refractivity contribution is 0.0932. The van der Waals surface area contributed by atoms with Crippen molar-refractivity contribution in [3.63, 3.8) is 0 Å². The van der Waals surface area contributed by atoms with Crippen LogP contribution in [0.5, 0.6) is 0 Å².